The molecule has 0 amide bonds. The molecule has 1 saturated carbocycles. The van der Waals surface area contributed by atoms with Crippen molar-refractivity contribution in [1.82, 2.24) is 5.32 Å². The van der Waals surface area contributed by atoms with Crippen LogP contribution in [0, 0.1) is 6.92 Å². The summed E-state index contributed by atoms with van der Waals surface area (Å²) in [5.74, 6) is 0. The zero-order valence-corrected chi connectivity index (χ0v) is 14.0. The van der Waals surface area contributed by atoms with E-state index in [4.69, 9.17) is 11.6 Å². The predicted molar refractivity (Wildman–Crippen MR) is 91.4 cm³/mol. The van der Waals surface area contributed by atoms with Gasteiger partial charge >= 0.3 is 0 Å². The van der Waals surface area contributed by atoms with E-state index < -0.39 is 0 Å². The molecule has 2 aliphatic rings. The molecule has 0 bridgehead atoms. The lowest BCUT2D eigenvalue weighted by Gasteiger charge is -2.51. The highest BCUT2D eigenvalue weighted by atomic mass is 35.5. The highest BCUT2D eigenvalue weighted by Crippen LogP contribution is 2.36. The molecular weight excluding hydrogens is 280 g/mol. The molecule has 1 aliphatic heterocycles. The standard InChI is InChI=1S/C18H27ClN2/c1-3-15-12-20-18(10-5-4-6-11-18)13-21(15)17-9-7-8-16(19)14(17)2/h7-9,15,20H,3-6,10-13H2,1-2H3. The molecule has 3 rings (SSSR count). The Morgan fingerprint density at radius 2 is 2.05 bits per heavy atom. The lowest BCUT2D eigenvalue weighted by molar-refractivity contribution is 0.196. The number of benzene rings is 1. The topological polar surface area (TPSA) is 15.3 Å². The Kier molecular flexibility index (Phi) is 4.46. The quantitative estimate of drug-likeness (QED) is 0.863. The monoisotopic (exact) mass is 306 g/mol. The molecule has 1 atom stereocenters. The Bertz CT molecular complexity index is 494. The third-order valence-corrected chi connectivity index (χ3v) is 5.87. The molecule has 3 heteroatoms. The van der Waals surface area contributed by atoms with Crippen LogP contribution in [0.15, 0.2) is 18.2 Å². The zero-order chi connectivity index (χ0) is 14.9. The van der Waals surface area contributed by atoms with Gasteiger partial charge in [-0.1, -0.05) is 43.9 Å². The third kappa shape index (κ3) is 2.93. The van der Waals surface area contributed by atoms with Crippen LogP contribution in [0.25, 0.3) is 0 Å². The number of halogens is 1. The van der Waals surface area contributed by atoms with E-state index in [-0.39, 0.29) is 0 Å². The molecule has 1 aliphatic carbocycles. The van der Waals surface area contributed by atoms with Crippen LogP contribution in [0.3, 0.4) is 0 Å². The molecule has 0 aromatic heterocycles. The Morgan fingerprint density at radius 3 is 2.76 bits per heavy atom. The number of nitrogens with zero attached hydrogens (tertiary/aromatic N) is 1. The van der Waals surface area contributed by atoms with Gasteiger partial charge in [0.15, 0.2) is 0 Å². The Hall–Kier alpha value is -0.730. The summed E-state index contributed by atoms with van der Waals surface area (Å²) in [5, 5.41) is 4.78. The van der Waals surface area contributed by atoms with Crippen molar-refractivity contribution in [2.45, 2.75) is 64.0 Å². The fourth-order valence-electron chi connectivity index (χ4n) is 4.07. The summed E-state index contributed by atoms with van der Waals surface area (Å²) in [6.07, 6.45) is 7.95. The molecule has 2 nitrogen and oxygen atoms in total. The maximum Gasteiger partial charge on any atom is 0.0455 e. The average molecular weight is 307 g/mol. The number of piperazine rings is 1. The minimum Gasteiger partial charge on any atom is -0.365 e. The van der Waals surface area contributed by atoms with Crippen molar-refractivity contribution in [2.24, 2.45) is 0 Å². The highest BCUT2D eigenvalue weighted by molar-refractivity contribution is 6.31. The van der Waals surface area contributed by atoms with Crippen molar-refractivity contribution >= 4 is 17.3 Å². The molecule has 1 unspecified atom stereocenters. The van der Waals surface area contributed by atoms with Crippen LogP contribution < -0.4 is 10.2 Å². The number of hydrogen-bond acceptors (Lipinski definition) is 2. The van der Waals surface area contributed by atoms with Crippen LogP contribution in [0.1, 0.15) is 51.0 Å². The summed E-state index contributed by atoms with van der Waals surface area (Å²) in [6.45, 7) is 6.67. The lowest BCUT2D eigenvalue weighted by atomic mass is 9.79. The zero-order valence-electron chi connectivity index (χ0n) is 13.3. The van der Waals surface area contributed by atoms with Gasteiger partial charge in [-0.25, -0.2) is 0 Å². The first-order valence-corrected chi connectivity index (χ1v) is 8.80. The van der Waals surface area contributed by atoms with Crippen molar-refractivity contribution in [2.75, 3.05) is 18.0 Å². The molecule has 1 saturated heterocycles. The van der Waals surface area contributed by atoms with E-state index >= 15 is 0 Å². The number of nitrogens with one attached hydrogen (secondary N) is 1. The fraction of sp³-hybridized carbons (Fsp3) is 0.667. The first kappa shape index (κ1) is 15.2. The van der Waals surface area contributed by atoms with Crippen LogP contribution in [0.4, 0.5) is 5.69 Å². The van der Waals surface area contributed by atoms with Gasteiger partial charge in [-0.2, -0.15) is 0 Å². The molecule has 1 N–H and O–H groups in total. The summed E-state index contributed by atoms with van der Waals surface area (Å²) < 4.78 is 0. The van der Waals surface area contributed by atoms with E-state index in [2.05, 4.69) is 36.2 Å². The van der Waals surface area contributed by atoms with Crippen molar-refractivity contribution in [1.29, 1.82) is 0 Å². The Labute approximate surface area is 133 Å². The summed E-state index contributed by atoms with van der Waals surface area (Å²) >= 11 is 6.36. The summed E-state index contributed by atoms with van der Waals surface area (Å²) in [4.78, 5) is 2.63. The second-order valence-corrected chi connectivity index (χ2v) is 7.20. The second kappa shape index (κ2) is 6.18. The third-order valence-electron chi connectivity index (χ3n) is 5.46. The summed E-state index contributed by atoms with van der Waals surface area (Å²) in [7, 11) is 0. The molecule has 1 aromatic rings. The smallest absolute Gasteiger partial charge is 0.0455 e. The maximum absolute atomic E-state index is 6.36. The summed E-state index contributed by atoms with van der Waals surface area (Å²) in [6, 6.07) is 6.91. The van der Waals surface area contributed by atoms with E-state index in [0.29, 0.717) is 11.6 Å². The van der Waals surface area contributed by atoms with Crippen LogP contribution in [-0.2, 0) is 0 Å². The minimum absolute atomic E-state index is 0.332. The number of hydrogen-bond donors (Lipinski definition) is 1. The average Bonchev–Trinajstić information content (AvgIpc) is 2.51. The first-order valence-electron chi connectivity index (χ1n) is 8.42. The predicted octanol–water partition coefficient (Wildman–Crippen LogP) is 4.54. The summed E-state index contributed by atoms with van der Waals surface area (Å²) in [5.41, 5.74) is 2.89. The van der Waals surface area contributed by atoms with Crippen molar-refractivity contribution in [3.63, 3.8) is 0 Å². The van der Waals surface area contributed by atoms with Gasteiger partial charge in [0.05, 0.1) is 0 Å². The maximum atomic E-state index is 6.36. The largest absolute Gasteiger partial charge is 0.365 e. The molecule has 0 radical (unpaired) electrons. The van der Waals surface area contributed by atoms with Crippen molar-refractivity contribution in [3.8, 4) is 0 Å². The molecule has 1 heterocycles. The van der Waals surface area contributed by atoms with Gasteiger partial charge < -0.3 is 10.2 Å². The number of rotatable bonds is 2. The van der Waals surface area contributed by atoms with Crippen LogP contribution >= 0.6 is 11.6 Å². The van der Waals surface area contributed by atoms with Crippen molar-refractivity contribution < 1.29 is 0 Å². The van der Waals surface area contributed by atoms with Gasteiger partial charge in [-0.3, -0.25) is 0 Å². The molecule has 2 fully saturated rings. The minimum atomic E-state index is 0.332. The first-order chi connectivity index (χ1) is 10.2. The van der Waals surface area contributed by atoms with Gasteiger partial charge in [0.2, 0.25) is 0 Å². The van der Waals surface area contributed by atoms with Gasteiger partial charge in [-0.05, 0) is 43.9 Å². The highest BCUT2D eigenvalue weighted by Gasteiger charge is 2.39. The molecule has 21 heavy (non-hydrogen) atoms. The second-order valence-electron chi connectivity index (χ2n) is 6.80. The Morgan fingerprint density at radius 1 is 1.29 bits per heavy atom. The molecule has 1 spiro atoms. The lowest BCUT2D eigenvalue weighted by Crippen LogP contribution is -2.65. The molecule has 116 valence electrons. The Balaban J connectivity index is 1.90. The van der Waals surface area contributed by atoms with E-state index in [1.807, 2.05) is 6.07 Å². The van der Waals surface area contributed by atoms with Gasteiger partial charge in [0.25, 0.3) is 0 Å². The normalized spacial score (nSPS) is 25.3. The van der Waals surface area contributed by atoms with Crippen LogP contribution in [-0.4, -0.2) is 24.7 Å². The van der Waals surface area contributed by atoms with Crippen LogP contribution in [0.2, 0.25) is 5.02 Å². The van der Waals surface area contributed by atoms with Crippen molar-refractivity contribution in [3.05, 3.63) is 28.8 Å². The number of anilines is 1. The fourth-order valence-corrected chi connectivity index (χ4v) is 4.24. The van der Waals surface area contributed by atoms with E-state index in [0.717, 1.165) is 18.1 Å². The SMILES string of the molecule is CCC1CNC2(CCCCC2)CN1c1cccc(Cl)c1C. The van der Waals surface area contributed by atoms with Gasteiger partial charge in [0, 0.05) is 35.4 Å². The van der Waals surface area contributed by atoms with Gasteiger partial charge in [0.1, 0.15) is 0 Å². The molecular formula is C18H27ClN2. The van der Waals surface area contributed by atoms with E-state index in [1.165, 1.54) is 49.8 Å². The molecule has 1 aromatic carbocycles. The van der Waals surface area contributed by atoms with Gasteiger partial charge in [-0.15, -0.1) is 0 Å². The van der Waals surface area contributed by atoms with Crippen LogP contribution in [0.5, 0.6) is 0 Å². The van der Waals surface area contributed by atoms with E-state index in [9.17, 15) is 0 Å². The van der Waals surface area contributed by atoms with E-state index in [1.54, 1.807) is 0 Å².